The van der Waals surface area contributed by atoms with Crippen molar-refractivity contribution in [2.75, 3.05) is 10.8 Å². The Labute approximate surface area is 202 Å². The van der Waals surface area contributed by atoms with E-state index in [1.165, 1.54) is 5.56 Å². The van der Waals surface area contributed by atoms with Crippen molar-refractivity contribution < 1.29 is 13.2 Å². The summed E-state index contributed by atoms with van der Waals surface area (Å²) >= 11 is 0. The van der Waals surface area contributed by atoms with E-state index in [-0.39, 0.29) is 11.4 Å². The number of hydrogen-bond donors (Lipinski definition) is 1. The molecule has 0 unspecified atom stereocenters. The number of hydrogen-bond acceptors (Lipinski definition) is 4. The fourth-order valence-electron chi connectivity index (χ4n) is 3.49. The Morgan fingerprint density at radius 2 is 1.59 bits per heavy atom. The minimum absolute atomic E-state index is 0.134. The third-order valence-electron chi connectivity index (χ3n) is 5.73. The highest BCUT2D eigenvalue weighted by molar-refractivity contribution is 7.92. The average Bonchev–Trinajstić information content (AvgIpc) is 2.82. The zero-order valence-electron chi connectivity index (χ0n) is 20.1. The Balaban J connectivity index is 1.80. The number of rotatable bonds is 9. The Morgan fingerprint density at radius 3 is 2.26 bits per heavy atom. The van der Waals surface area contributed by atoms with Gasteiger partial charge in [0, 0.05) is 5.71 Å². The molecule has 0 atom stereocenters. The first kappa shape index (κ1) is 25.2. The summed E-state index contributed by atoms with van der Waals surface area (Å²) in [5, 5.41) is 4.19. The summed E-state index contributed by atoms with van der Waals surface area (Å²) in [6, 6.07) is 22.1. The summed E-state index contributed by atoms with van der Waals surface area (Å²) in [6.45, 7) is 7.12. The smallest absolute Gasteiger partial charge is 0.264 e. The molecule has 0 radical (unpaired) electrons. The van der Waals surface area contributed by atoms with E-state index in [9.17, 15) is 13.2 Å². The number of nitrogens with zero attached hydrogens (tertiary/aromatic N) is 2. The molecule has 1 amide bonds. The lowest BCUT2D eigenvalue weighted by atomic mass is 10.1. The van der Waals surface area contributed by atoms with Gasteiger partial charge in [0.05, 0.1) is 10.6 Å². The van der Waals surface area contributed by atoms with Crippen LogP contribution in [0.4, 0.5) is 5.69 Å². The van der Waals surface area contributed by atoms with Gasteiger partial charge in [0.1, 0.15) is 6.54 Å². The number of amides is 1. The SMILES string of the molecule is C/C(CCc1ccccc1)=N/NC(=O)CN(c1cccc(C)c1C)S(=O)(=O)c1ccc(C)cc1. The fourth-order valence-corrected chi connectivity index (χ4v) is 4.97. The molecule has 178 valence electrons. The van der Waals surface area contributed by atoms with Gasteiger partial charge in [-0.1, -0.05) is 60.2 Å². The standard InChI is InChI=1S/C27H31N3O3S/c1-20-13-17-25(18-14-20)34(32,33)30(26-12-8-9-21(2)23(26)4)19-27(31)29-28-22(3)15-16-24-10-6-5-7-11-24/h5-14,17-18H,15-16,19H2,1-4H3,(H,29,31)/b28-22-. The largest absolute Gasteiger partial charge is 0.271 e. The summed E-state index contributed by atoms with van der Waals surface area (Å²) in [7, 11) is -3.97. The van der Waals surface area contributed by atoms with Gasteiger partial charge in [0.2, 0.25) is 0 Å². The molecule has 0 aromatic heterocycles. The van der Waals surface area contributed by atoms with Crippen molar-refractivity contribution in [3.8, 4) is 0 Å². The predicted octanol–water partition coefficient (Wildman–Crippen LogP) is 4.93. The quantitative estimate of drug-likeness (QED) is 0.350. The van der Waals surface area contributed by atoms with E-state index in [0.717, 1.165) is 33.1 Å². The van der Waals surface area contributed by atoms with Crippen LogP contribution in [0.3, 0.4) is 0 Å². The zero-order valence-corrected chi connectivity index (χ0v) is 20.9. The second-order valence-corrected chi connectivity index (χ2v) is 10.3. The number of benzene rings is 3. The normalized spacial score (nSPS) is 11.8. The second-order valence-electron chi connectivity index (χ2n) is 8.41. The van der Waals surface area contributed by atoms with Crippen LogP contribution in [0.2, 0.25) is 0 Å². The zero-order chi connectivity index (χ0) is 24.7. The predicted molar refractivity (Wildman–Crippen MR) is 138 cm³/mol. The number of carbonyl (C=O) groups is 1. The molecule has 3 aromatic rings. The van der Waals surface area contributed by atoms with E-state index < -0.39 is 15.9 Å². The third kappa shape index (κ3) is 6.32. The van der Waals surface area contributed by atoms with E-state index in [4.69, 9.17) is 0 Å². The monoisotopic (exact) mass is 477 g/mol. The molecule has 3 rings (SSSR count). The molecule has 7 heteroatoms. The maximum absolute atomic E-state index is 13.6. The van der Waals surface area contributed by atoms with Crippen LogP contribution in [0.15, 0.2) is 82.8 Å². The number of aryl methyl sites for hydroxylation is 3. The van der Waals surface area contributed by atoms with Crippen LogP contribution in [0.5, 0.6) is 0 Å². The van der Waals surface area contributed by atoms with E-state index in [1.54, 1.807) is 36.4 Å². The van der Waals surface area contributed by atoms with E-state index >= 15 is 0 Å². The van der Waals surface area contributed by atoms with Crippen molar-refractivity contribution in [1.29, 1.82) is 0 Å². The van der Waals surface area contributed by atoms with Crippen LogP contribution < -0.4 is 9.73 Å². The Hall–Kier alpha value is -3.45. The first-order valence-electron chi connectivity index (χ1n) is 11.2. The Morgan fingerprint density at radius 1 is 0.912 bits per heavy atom. The van der Waals surface area contributed by atoms with Gasteiger partial charge in [0.15, 0.2) is 0 Å². The van der Waals surface area contributed by atoms with Gasteiger partial charge in [-0.3, -0.25) is 9.10 Å². The number of carbonyl (C=O) groups excluding carboxylic acids is 1. The molecule has 1 N–H and O–H groups in total. The summed E-state index contributed by atoms with van der Waals surface area (Å²) < 4.78 is 28.3. The van der Waals surface area contributed by atoms with Gasteiger partial charge in [-0.15, -0.1) is 0 Å². The molecule has 34 heavy (non-hydrogen) atoms. The topological polar surface area (TPSA) is 78.8 Å². The van der Waals surface area contributed by atoms with Gasteiger partial charge < -0.3 is 0 Å². The lowest BCUT2D eigenvalue weighted by Gasteiger charge is -2.26. The van der Waals surface area contributed by atoms with Crippen molar-refractivity contribution in [3.05, 3.63) is 95.1 Å². The van der Waals surface area contributed by atoms with Crippen molar-refractivity contribution in [2.45, 2.75) is 45.4 Å². The molecule has 0 aliphatic heterocycles. The molecule has 0 saturated carbocycles. The molecule has 0 bridgehead atoms. The average molecular weight is 478 g/mol. The third-order valence-corrected chi connectivity index (χ3v) is 7.50. The summed E-state index contributed by atoms with van der Waals surface area (Å²) in [5.74, 6) is -0.504. The highest BCUT2D eigenvalue weighted by Crippen LogP contribution is 2.28. The van der Waals surface area contributed by atoms with Crippen molar-refractivity contribution >= 4 is 27.3 Å². The van der Waals surface area contributed by atoms with Crippen LogP contribution in [0.25, 0.3) is 0 Å². The molecule has 0 aliphatic carbocycles. The minimum Gasteiger partial charge on any atom is -0.271 e. The highest BCUT2D eigenvalue weighted by Gasteiger charge is 2.28. The first-order chi connectivity index (χ1) is 16.2. The summed E-state index contributed by atoms with van der Waals surface area (Å²) in [6.07, 6.45) is 1.50. The Kier molecular flexibility index (Phi) is 8.23. The van der Waals surface area contributed by atoms with Gasteiger partial charge >= 0.3 is 0 Å². The second kappa shape index (κ2) is 11.1. The molecule has 0 fully saturated rings. The molecule has 3 aromatic carbocycles. The van der Waals surface area contributed by atoms with Crippen molar-refractivity contribution in [2.24, 2.45) is 5.10 Å². The van der Waals surface area contributed by atoms with Gasteiger partial charge in [-0.05, 0) is 75.4 Å². The van der Waals surface area contributed by atoms with E-state index in [1.807, 2.05) is 64.1 Å². The van der Waals surface area contributed by atoms with Crippen LogP contribution in [0, 0.1) is 20.8 Å². The van der Waals surface area contributed by atoms with Crippen LogP contribution in [-0.4, -0.2) is 26.6 Å². The van der Waals surface area contributed by atoms with Crippen LogP contribution >= 0.6 is 0 Å². The van der Waals surface area contributed by atoms with Crippen molar-refractivity contribution in [1.82, 2.24) is 5.43 Å². The molecular weight excluding hydrogens is 446 g/mol. The fraction of sp³-hybridized carbons (Fsp3) is 0.259. The van der Waals surface area contributed by atoms with Crippen LogP contribution in [0.1, 0.15) is 35.6 Å². The lowest BCUT2D eigenvalue weighted by molar-refractivity contribution is -0.119. The molecule has 6 nitrogen and oxygen atoms in total. The lowest BCUT2D eigenvalue weighted by Crippen LogP contribution is -2.40. The first-order valence-corrected chi connectivity index (χ1v) is 12.6. The molecule has 0 saturated heterocycles. The van der Waals surface area contributed by atoms with Gasteiger partial charge in [-0.2, -0.15) is 5.10 Å². The summed E-state index contributed by atoms with van der Waals surface area (Å²) in [5.41, 5.74) is 7.65. The summed E-state index contributed by atoms with van der Waals surface area (Å²) in [4.78, 5) is 12.9. The number of hydrazone groups is 1. The van der Waals surface area contributed by atoms with Gasteiger partial charge in [0.25, 0.3) is 15.9 Å². The molecular formula is C27H31N3O3S. The molecule has 0 spiro atoms. The molecule has 0 heterocycles. The highest BCUT2D eigenvalue weighted by atomic mass is 32.2. The molecule has 0 aliphatic rings. The van der Waals surface area contributed by atoms with Gasteiger partial charge in [-0.25, -0.2) is 13.8 Å². The number of anilines is 1. The maximum Gasteiger partial charge on any atom is 0.264 e. The van der Waals surface area contributed by atoms with Crippen LogP contribution in [-0.2, 0) is 21.2 Å². The maximum atomic E-state index is 13.6. The minimum atomic E-state index is -3.97. The number of sulfonamides is 1. The Bertz CT molecular complexity index is 1270. The van der Waals surface area contributed by atoms with E-state index in [2.05, 4.69) is 10.5 Å². The van der Waals surface area contributed by atoms with Crippen molar-refractivity contribution in [3.63, 3.8) is 0 Å². The number of nitrogens with one attached hydrogen (secondary N) is 1. The van der Waals surface area contributed by atoms with E-state index in [0.29, 0.717) is 12.1 Å².